The van der Waals surface area contributed by atoms with Crippen molar-refractivity contribution in [3.8, 4) is 17.3 Å². The van der Waals surface area contributed by atoms with Gasteiger partial charge in [-0.15, -0.1) is 0 Å². The van der Waals surface area contributed by atoms with E-state index in [1.807, 2.05) is 77.7 Å². The van der Waals surface area contributed by atoms with Gasteiger partial charge in [0.05, 0.1) is 31.5 Å². The largest absolute Gasteiger partial charge is 0.473 e. The number of carbonyl (C=O) groups excluding carboxylic acids is 1. The summed E-state index contributed by atoms with van der Waals surface area (Å²) in [6.07, 6.45) is 0.749. The molecule has 9 heteroatoms. The third kappa shape index (κ3) is 6.15. The van der Waals surface area contributed by atoms with Gasteiger partial charge < -0.3 is 24.6 Å². The Bertz CT molecular complexity index is 1510. The van der Waals surface area contributed by atoms with Crippen molar-refractivity contribution in [2.24, 2.45) is 0 Å². The molecule has 0 aliphatic carbocycles. The highest BCUT2D eigenvalue weighted by Crippen LogP contribution is 2.32. The van der Waals surface area contributed by atoms with Crippen LogP contribution in [0.3, 0.4) is 0 Å². The lowest BCUT2D eigenvalue weighted by Crippen LogP contribution is -2.45. The molecule has 2 aliphatic heterocycles. The topological polar surface area (TPSA) is 92.7 Å². The number of carbonyl (C=O) groups is 1. The predicted octanol–water partition coefficient (Wildman–Crippen LogP) is 4.99. The molecule has 4 aromatic rings. The van der Waals surface area contributed by atoms with Crippen molar-refractivity contribution in [3.63, 3.8) is 0 Å². The summed E-state index contributed by atoms with van der Waals surface area (Å²) < 4.78 is 11.6. The molecule has 41 heavy (non-hydrogen) atoms. The second kappa shape index (κ2) is 11.9. The lowest BCUT2D eigenvalue weighted by atomic mass is 10.0. The van der Waals surface area contributed by atoms with Crippen LogP contribution >= 0.6 is 0 Å². The molecule has 0 radical (unpaired) electrons. The van der Waals surface area contributed by atoms with Crippen molar-refractivity contribution in [2.45, 2.75) is 39.5 Å². The highest BCUT2D eigenvalue weighted by molar-refractivity contribution is 5.74. The van der Waals surface area contributed by atoms with Crippen molar-refractivity contribution >= 4 is 23.2 Å². The molecular formula is C32H34N6O3. The number of hydrogen-bond acceptors (Lipinski definition) is 8. The number of aromatic nitrogens is 3. The van der Waals surface area contributed by atoms with Gasteiger partial charge in [0.25, 0.3) is 0 Å². The van der Waals surface area contributed by atoms with Crippen LogP contribution in [-0.4, -0.2) is 58.1 Å². The maximum Gasteiger partial charge on any atom is 0.219 e. The lowest BCUT2D eigenvalue weighted by Gasteiger charge is -2.37. The number of benzene rings is 2. The van der Waals surface area contributed by atoms with Gasteiger partial charge in [-0.2, -0.15) is 4.98 Å². The fourth-order valence-corrected chi connectivity index (χ4v) is 5.23. The minimum Gasteiger partial charge on any atom is -0.473 e. The summed E-state index contributed by atoms with van der Waals surface area (Å²) in [4.78, 5) is 31.0. The number of rotatable bonds is 7. The normalized spacial score (nSPS) is 16.7. The number of hydrogen-bond donors (Lipinski definition) is 1. The Kier molecular flexibility index (Phi) is 7.78. The summed E-state index contributed by atoms with van der Waals surface area (Å²) in [5, 5.41) is 3.36. The molecule has 0 bridgehead atoms. The molecule has 210 valence electrons. The molecule has 2 aromatic carbocycles. The van der Waals surface area contributed by atoms with E-state index in [4.69, 9.17) is 19.4 Å². The van der Waals surface area contributed by atoms with E-state index in [1.54, 1.807) is 6.92 Å². The Labute approximate surface area is 240 Å². The zero-order valence-corrected chi connectivity index (χ0v) is 23.4. The zero-order valence-electron chi connectivity index (χ0n) is 23.4. The number of amides is 1. The SMILES string of the molecule is CC(=O)N1CCc2c(nc(-c3ccc(Nc4cccc(OCc5ccccc5)n4)cc3)nc2N2CCOC[C@@H]2C)C1. The maximum atomic E-state index is 12.1. The van der Waals surface area contributed by atoms with E-state index in [9.17, 15) is 4.79 Å². The number of nitrogens with zero attached hydrogens (tertiary/aromatic N) is 5. The first kappa shape index (κ1) is 26.7. The Balaban J connectivity index is 1.22. The van der Waals surface area contributed by atoms with Gasteiger partial charge in [-0.25, -0.2) is 9.97 Å². The fourth-order valence-electron chi connectivity index (χ4n) is 5.23. The number of anilines is 3. The van der Waals surface area contributed by atoms with Crippen LogP contribution < -0.4 is 15.0 Å². The van der Waals surface area contributed by atoms with E-state index >= 15 is 0 Å². The first-order chi connectivity index (χ1) is 20.0. The summed E-state index contributed by atoms with van der Waals surface area (Å²) >= 11 is 0. The zero-order chi connectivity index (χ0) is 28.2. The fraction of sp³-hybridized carbons (Fsp3) is 0.312. The van der Waals surface area contributed by atoms with Crippen molar-refractivity contribution in [3.05, 3.63) is 89.6 Å². The molecule has 2 aromatic heterocycles. The summed E-state index contributed by atoms with van der Waals surface area (Å²) in [6, 6.07) is 23.9. The van der Waals surface area contributed by atoms with E-state index in [0.29, 0.717) is 50.4 Å². The van der Waals surface area contributed by atoms with E-state index in [0.717, 1.165) is 46.9 Å². The lowest BCUT2D eigenvalue weighted by molar-refractivity contribution is -0.129. The number of pyridine rings is 1. The van der Waals surface area contributed by atoms with Crippen molar-refractivity contribution in [2.75, 3.05) is 36.5 Å². The number of fused-ring (bicyclic) bond motifs is 1. The average Bonchev–Trinajstić information content (AvgIpc) is 3.00. The third-order valence-corrected chi connectivity index (χ3v) is 7.50. The van der Waals surface area contributed by atoms with E-state index in [1.165, 1.54) is 0 Å². The van der Waals surface area contributed by atoms with Crippen LogP contribution in [0, 0.1) is 0 Å². The van der Waals surface area contributed by atoms with Crippen LogP contribution in [0.4, 0.5) is 17.3 Å². The van der Waals surface area contributed by atoms with Crippen LogP contribution in [0.15, 0.2) is 72.8 Å². The quantitative estimate of drug-likeness (QED) is 0.344. The molecule has 1 atom stereocenters. The minimum absolute atomic E-state index is 0.0654. The second-order valence-corrected chi connectivity index (χ2v) is 10.4. The van der Waals surface area contributed by atoms with Gasteiger partial charge in [0, 0.05) is 42.9 Å². The molecular weight excluding hydrogens is 516 g/mol. The molecule has 2 aliphatic rings. The van der Waals surface area contributed by atoms with Gasteiger partial charge in [0.1, 0.15) is 18.2 Å². The molecule has 4 heterocycles. The van der Waals surface area contributed by atoms with E-state index in [2.05, 4.69) is 22.1 Å². The molecule has 9 nitrogen and oxygen atoms in total. The van der Waals surface area contributed by atoms with Crippen LogP contribution in [0.5, 0.6) is 5.88 Å². The van der Waals surface area contributed by atoms with Gasteiger partial charge in [-0.1, -0.05) is 36.4 Å². The summed E-state index contributed by atoms with van der Waals surface area (Å²) in [5.41, 5.74) is 4.95. The average molecular weight is 551 g/mol. The van der Waals surface area contributed by atoms with Gasteiger partial charge in [0.2, 0.25) is 11.8 Å². The van der Waals surface area contributed by atoms with Crippen LogP contribution in [0.25, 0.3) is 11.4 Å². The van der Waals surface area contributed by atoms with Crippen LogP contribution in [-0.2, 0) is 29.1 Å². The van der Waals surface area contributed by atoms with Gasteiger partial charge in [-0.3, -0.25) is 4.79 Å². The Morgan fingerprint density at radius 2 is 1.83 bits per heavy atom. The highest BCUT2D eigenvalue weighted by Gasteiger charge is 2.29. The molecule has 1 N–H and O–H groups in total. The van der Waals surface area contributed by atoms with E-state index < -0.39 is 0 Å². The number of nitrogens with one attached hydrogen (secondary N) is 1. The standard InChI is InChI=1S/C32H34N6O3/c1-22-20-40-18-17-38(22)32-27-15-16-37(23(2)39)19-28(27)34-31(36-32)25-11-13-26(14-12-25)33-29-9-6-10-30(35-29)41-21-24-7-4-3-5-8-24/h3-14,22H,15-21H2,1-2H3,(H,33,35)/t22-/m0/s1. The summed E-state index contributed by atoms with van der Waals surface area (Å²) in [5.74, 6) is 2.94. The molecule has 0 saturated carbocycles. The summed E-state index contributed by atoms with van der Waals surface area (Å²) in [6.45, 7) is 7.54. The Morgan fingerprint density at radius 3 is 2.61 bits per heavy atom. The number of morpholine rings is 1. The van der Waals surface area contributed by atoms with Gasteiger partial charge in [-0.05, 0) is 49.2 Å². The van der Waals surface area contributed by atoms with Crippen molar-refractivity contribution < 1.29 is 14.3 Å². The van der Waals surface area contributed by atoms with Gasteiger partial charge in [0.15, 0.2) is 5.82 Å². The third-order valence-electron chi connectivity index (χ3n) is 7.50. The highest BCUT2D eigenvalue weighted by atomic mass is 16.5. The predicted molar refractivity (Wildman–Crippen MR) is 158 cm³/mol. The molecule has 6 rings (SSSR count). The first-order valence-corrected chi connectivity index (χ1v) is 14.0. The first-order valence-electron chi connectivity index (χ1n) is 14.0. The molecule has 1 fully saturated rings. The molecule has 0 unspecified atom stereocenters. The van der Waals surface area contributed by atoms with Crippen molar-refractivity contribution in [1.82, 2.24) is 19.9 Å². The maximum absolute atomic E-state index is 12.1. The van der Waals surface area contributed by atoms with Gasteiger partial charge >= 0.3 is 0 Å². The van der Waals surface area contributed by atoms with Crippen LogP contribution in [0.2, 0.25) is 0 Å². The molecule has 1 amide bonds. The van der Waals surface area contributed by atoms with Crippen molar-refractivity contribution in [1.29, 1.82) is 0 Å². The summed E-state index contributed by atoms with van der Waals surface area (Å²) in [7, 11) is 0. The second-order valence-electron chi connectivity index (χ2n) is 10.4. The smallest absolute Gasteiger partial charge is 0.219 e. The van der Waals surface area contributed by atoms with E-state index in [-0.39, 0.29) is 11.9 Å². The van der Waals surface area contributed by atoms with Crippen LogP contribution in [0.1, 0.15) is 30.7 Å². The Hall–Kier alpha value is -4.50. The minimum atomic E-state index is 0.0654. The molecule has 1 saturated heterocycles. The molecule has 0 spiro atoms. The monoisotopic (exact) mass is 550 g/mol. The number of ether oxygens (including phenoxy) is 2. The Morgan fingerprint density at radius 1 is 1.00 bits per heavy atom.